The van der Waals surface area contributed by atoms with Gasteiger partial charge in [-0.3, -0.25) is 14.6 Å². The maximum absolute atomic E-state index is 12.4. The number of benzene rings is 2. The molecule has 0 radical (unpaired) electrons. The van der Waals surface area contributed by atoms with Gasteiger partial charge in [-0.25, -0.2) is 23.1 Å². The van der Waals surface area contributed by atoms with Crippen LogP contribution in [0, 0.1) is 0 Å². The number of carbonyl (C=O) groups excluding carboxylic acids is 2. The monoisotopic (exact) mass is 503 g/mol. The van der Waals surface area contributed by atoms with Crippen LogP contribution in [0.2, 0.25) is 0 Å². The normalized spacial score (nSPS) is 10.8. The number of hydrogen-bond donors (Lipinski definition) is 4. The number of amides is 2. The second-order valence-corrected chi connectivity index (χ2v) is 9.02. The lowest BCUT2D eigenvalue weighted by atomic mass is 10.2. The molecular formula is C24H21N7O4S. The van der Waals surface area contributed by atoms with Gasteiger partial charge in [0.2, 0.25) is 5.95 Å². The first-order valence-corrected chi connectivity index (χ1v) is 12.1. The van der Waals surface area contributed by atoms with E-state index in [0.29, 0.717) is 22.5 Å². The maximum atomic E-state index is 12.4. The van der Waals surface area contributed by atoms with Crippen LogP contribution in [0.4, 0.5) is 17.3 Å². The average molecular weight is 504 g/mol. The molecule has 11 nitrogen and oxygen atoms in total. The van der Waals surface area contributed by atoms with Crippen LogP contribution in [-0.4, -0.2) is 41.9 Å². The molecule has 2 heterocycles. The Morgan fingerprint density at radius 3 is 2.11 bits per heavy atom. The summed E-state index contributed by atoms with van der Waals surface area (Å²) in [6.07, 6.45) is 5.91. The van der Waals surface area contributed by atoms with Crippen LogP contribution in [0.5, 0.6) is 0 Å². The van der Waals surface area contributed by atoms with Gasteiger partial charge in [0.1, 0.15) is 0 Å². The summed E-state index contributed by atoms with van der Waals surface area (Å²) in [7, 11) is -3.83. The van der Waals surface area contributed by atoms with Crippen molar-refractivity contribution in [3.05, 3.63) is 103 Å². The highest BCUT2D eigenvalue weighted by Gasteiger charge is 2.15. The molecule has 0 unspecified atom stereocenters. The van der Waals surface area contributed by atoms with Gasteiger partial charge >= 0.3 is 0 Å². The number of carbonyl (C=O) groups is 2. The smallest absolute Gasteiger partial charge is 0.264 e. The molecule has 12 heteroatoms. The molecule has 0 aliphatic carbocycles. The zero-order valence-electron chi connectivity index (χ0n) is 18.8. The van der Waals surface area contributed by atoms with Gasteiger partial charge in [0.05, 0.1) is 17.1 Å². The third kappa shape index (κ3) is 6.39. The second kappa shape index (κ2) is 11.1. The first kappa shape index (κ1) is 24.3. The third-order valence-electron chi connectivity index (χ3n) is 4.83. The van der Waals surface area contributed by atoms with Gasteiger partial charge in [-0.15, -0.1) is 0 Å². The first-order valence-electron chi connectivity index (χ1n) is 10.6. The molecule has 0 saturated carbocycles. The van der Waals surface area contributed by atoms with Crippen LogP contribution >= 0.6 is 0 Å². The lowest BCUT2D eigenvalue weighted by Crippen LogP contribution is -2.28. The van der Waals surface area contributed by atoms with Crippen molar-refractivity contribution in [2.24, 2.45) is 0 Å². The molecule has 182 valence electrons. The second-order valence-electron chi connectivity index (χ2n) is 7.33. The Hall–Kier alpha value is -4.84. The molecule has 0 fully saturated rings. The van der Waals surface area contributed by atoms with Gasteiger partial charge in [-0.1, -0.05) is 0 Å². The highest BCUT2D eigenvalue weighted by atomic mass is 32.2. The van der Waals surface area contributed by atoms with Crippen molar-refractivity contribution in [2.75, 3.05) is 22.0 Å². The lowest BCUT2D eigenvalue weighted by molar-refractivity contribution is 0.0955. The van der Waals surface area contributed by atoms with Crippen molar-refractivity contribution >= 4 is 39.2 Å². The van der Waals surface area contributed by atoms with Crippen LogP contribution in [0.3, 0.4) is 0 Å². The molecule has 0 atom stereocenters. The zero-order chi connectivity index (χ0) is 25.4. The van der Waals surface area contributed by atoms with Crippen LogP contribution in [-0.2, 0) is 10.0 Å². The summed E-state index contributed by atoms with van der Waals surface area (Å²) in [4.78, 5) is 36.2. The number of sulfonamides is 1. The summed E-state index contributed by atoms with van der Waals surface area (Å²) < 4.78 is 27.2. The number of aromatic nitrogens is 3. The Bertz CT molecular complexity index is 1430. The topological polar surface area (TPSA) is 155 Å². The fraction of sp³-hybridized carbons (Fsp3) is 0.0417. The van der Waals surface area contributed by atoms with E-state index in [-0.39, 0.29) is 29.3 Å². The number of anilines is 3. The summed E-state index contributed by atoms with van der Waals surface area (Å²) in [6.45, 7) is 0.112. The van der Waals surface area contributed by atoms with E-state index in [1.54, 1.807) is 60.8 Å². The molecule has 36 heavy (non-hydrogen) atoms. The molecule has 0 aliphatic rings. The summed E-state index contributed by atoms with van der Waals surface area (Å²) in [5.74, 6) is -0.641. The Labute approximate surface area is 207 Å². The number of hydrogen-bond acceptors (Lipinski definition) is 8. The molecule has 0 saturated heterocycles. The predicted molar refractivity (Wildman–Crippen MR) is 134 cm³/mol. The molecular weight excluding hydrogens is 482 g/mol. The van der Waals surface area contributed by atoms with E-state index in [9.17, 15) is 18.0 Å². The van der Waals surface area contributed by atoms with Gasteiger partial charge in [0.15, 0.2) is 0 Å². The van der Waals surface area contributed by atoms with Gasteiger partial charge in [0, 0.05) is 41.7 Å². The molecule has 2 amide bonds. The van der Waals surface area contributed by atoms with E-state index in [2.05, 4.69) is 35.6 Å². The van der Waals surface area contributed by atoms with Crippen molar-refractivity contribution in [1.29, 1.82) is 0 Å². The Morgan fingerprint density at radius 1 is 0.750 bits per heavy atom. The summed E-state index contributed by atoms with van der Waals surface area (Å²) >= 11 is 0. The Kier molecular flexibility index (Phi) is 7.46. The standard InChI is InChI=1S/C24H21N7O4S/c32-22(17-4-6-20(7-5-17)30-23(33)18-3-1-12-25-15-18)29-16-28-19-8-10-21(11-9-19)36(34,35)31-24-26-13-2-14-27-24/h1-15,28H,16H2,(H,29,32)(H,30,33)(H,26,27,31). The van der Waals surface area contributed by atoms with E-state index >= 15 is 0 Å². The van der Waals surface area contributed by atoms with Crippen LogP contribution in [0.25, 0.3) is 0 Å². The molecule has 0 aliphatic heterocycles. The van der Waals surface area contributed by atoms with E-state index in [1.807, 2.05) is 0 Å². The summed E-state index contributed by atoms with van der Waals surface area (Å²) in [5.41, 5.74) is 1.99. The minimum absolute atomic E-state index is 0.0219. The highest BCUT2D eigenvalue weighted by molar-refractivity contribution is 7.92. The molecule has 2 aromatic carbocycles. The van der Waals surface area contributed by atoms with Crippen LogP contribution < -0.4 is 20.7 Å². The molecule has 4 rings (SSSR count). The first-order chi connectivity index (χ1) is 17.4. The van der Waals surface area contributed by atoms with Crippen molar-refractivity contribution in [3.63, 3.8) is 0 Å². The maximum Gasteiger partial charge on any atom is 0.264 e. The van der Waals surface area contributed by atoms with Gasteiger partial charge in [0.25, 0.3) is 21.8 Å². The number of nitrogens with zero attached hydrogens (tertiary/aromatic N) is 3. The van der Waals surface area contributed by atoms with Crippen LogP contribution in [0.1, 0.15) is 20.7 Å². The third-order valence-corrected chi connectivity index (χ3v) is 6.17. The molecule has 2 aromatic heterocycles. The van der Waals surface area contributed by atoms with Crippen molar-refractivity contribution in [1.82, 2.24) is 20.3 Å². The summed E-state index contributed by atoms with van der Waals surface area (Å²) in [5, 5.41) is 8.45. The van der Waals surface area contributed by atoms with Crippen molar-refractivity contribution in [2.45, 2.75) is 4.90 Å². The predicted octanol–water partition coefficient (Wildman–Crippen LogP) is 2.72. The largest absolute Gasteiger partial charge is 0.368 e. The number of nitrogens with one attached hydrogen (secondary N) is 4. The van der Waals surface area contributed by atoms with E-state index in [1.165, 1.54) is 30.7 Å². The fourth-order valence-corrected chi connectivity index (χ4v) is 3.97. The van der Waals surface area contributed by atoms with Gasteiger partial charge in [-0.05, 0) is 66.7 Å². The number of pyridine rings is 1. The molecule has 4 aromatic rings. The quantitative estimate of drug-likeness (QED) is 0.254. The minimum Gasteiger partial charge on any atom is -0.368 e. The Balaban J connectivity index is 1.26. The fourth-order valence-electron chi connectivity index (χ4n) is 3.02. The molecule has 4 N–H and O–H groups in total. The SMILES string of the molecule is O=C(NCNc1ccc(S(=O)(=O)Nc2ncccn2)cc1)c1ccc(NC(=O)c2cccnc2)cc1. The summed E-state index contributed by atoms with van der Waals surface area (Å²) in [6, 6.07) is 17.4. The van der Waals surface area contributed by atoms with Gasteiger partial charge in [-0.2, -0.15) is 0 Å². The van der Waals surface area contributed by atoms with E-state index < -0.39 is 10.0 Å². The molecule has 0 spiro atoms. The number of rotatable bonds is 9. The zero-order valence-corrected chi connectivity index (χ0v) is 19.6. The Morgan fingerprint density at radius 2 is 1.44 bits per heavy atom. The van der Waals surface area contributed by atoms with Crippen molar-refractivity contribution < 1.29 is 18.0 Å². The average Bonchev–Trinajstić information content (AvgIpc) is 2.90. The van der Waals surface area contributed by atoms with Crippen LogP contribution in [0.15, 0.2) is 96.4 Å². The van der Waals surface area contributed by atoms with E-state index in [0.717, 1.165) is 0 Å². The lowest BCUT2D eigenvalue weighted by Gasteiger charge is -2.10. The minimum atomic E-state index is -3.83. The van der Waals surface area contributed by atoms with E-state index in [4.69, 9.17) is 0 Å². The molecule has 0 bridgehead atoms. The highest BCUT2D eigenvalue weighted by Crippen LogP contribution is 2.16. The van der Waals surface area contributed by atoms with Gasteiger partial charge < -0.3 is 16.0 Å². The van der Waals surface area contributed by atoms with Crippen molar-refractivity contribution in [3.8, 4) is 0 Å².